The number of hydrogen-bond donors (Lipinski definition) is 1. The van der Waals surface area contributed by atoms with E-state index in [1.165, 1.54) is 12.1 Å². The predicted molar refractivity (Wildman–Crippen MR) is 74.3 cm³/mol. The van der Waals surface area contributed by atoms with Crippen LogP contribution in [0.1, 0.15) is 15.9 Å². The van der Waals surface area contributed by atoms with Gasteiger partial charge in [0, 0.05) is 0 Å². The lowest BCUT2D eigenvalue weighted by Crippen LogP contribution is -2.05. The van der Waals surface area contributed by atoms with Crippen LogP contribution in [0.15, 0.2) is 54.6 Å². The van der Waals surface area contributed by atoms with Gasteiger partial charge in [0.1, 0.15) is 23.7 Å². The van der Waals surface area contributed by atoms with E-state index in [0.717, 1.165) is 11.6 Å². The molecule has 0 aromatic heterocycles. The van der Waals surface area contributed by atoms with Crippen LogP contribution in [0.25, 0.3) is 6.08 Å². The largest absolute Gasteiger partial charge is 0.489 e. The van der Waals surface area contributed by atoms with Gasteiger partial charge in [-0.05, 0) is 23.8 Å². The Morgan fingerprint density at radius 1 is 1.15 bits per heavy atom. The summed E-state index contributed by atoms with van der Waals surface area (Å²) < 4.78 is 18.7. The third-order valence-electron chi connectivity index (χ3n) is 2.63. The van der Waals surface area contributed by atoms with Gasteiger partial charge in [0.2, 0.25) is 0 Å². The van der Waals surface area contributed by atoms with E-state index in [4.69, 9.17) is 9.84 Å². The minimum Gasteiger partial charge on any atom is -0.489 e. The van der Waals surface area contributed by atoms with Crippen molar-refractivity contribution < 1.29 is 19.0 Å². The van der Waals surface area contributed by atoms with Crippen LogP contribution in [-0.2, 0) is 0 Å². The van der Waals surface area contributed by atoms with Crippen molar-refractivity contribution in [2.75, 3.05) is 6.61 Å². The van der Waals surface area contributed by atoms with Gasteiger partial charge in [0.15, 0.2) is 0 Å². The molecule has 1 N–H and O–H groups in total. The summed E-state index contributed by atoms with van der Waals surface area (Å²) in [4.78, 5) is 11.0. The molecule has 2 aromatic carbocycles. The molecule has 4 heteroatoms. The summed E-state index contributed by atoms with van der Waals surface area (Å²) in [5.74, 6) is -2.12. The molecule has 0 aliphatic rings. The third-order valence-corrected chi connectivity index (χ3v) is 2.63. The predicted octanol–water partition coefficient (Wildman–Crippen LogP) is 3.62. The van der Waals surface area contributed by atoms with E-state index < -0.39 is 17.3 Å². The minimum absolute atomic E-state index is 0.0233. The normalized spacial score (nSPS) is 10.7. The maximum atomic E-state index is 13.4. The standard InChI is InChI=1S/C16H13FO3/c17-13-9-4-10-14(15(13)16(18)19)20-11-5-8-12-6-2-1-3-7-12/h1-10H,11H2,(H,18,19). The SMILES string of the molecule is O=C(O)c1c(F)cccc1OCC=Cc1ccccc1. The van der Waals surface area contributed by atoms with Gasteiger partial charge in [-0.1, -0.05) is 42.5 Å². The van der Waals surface area contributed by atoms with Crippen molar-refractivity contribution in [2.45, 2.75) is 0 Å². The van der Waals surface area contributed by atoms with Crippen LogP contribution in [0.2, 0.25) is 0 Å². The van der Waals surface area contributed by atoms with Crippen molar-refractivity contribution in [3.05, 3.63) is 71.6 Å². The van der Waals surface area contributed by atoms with Gasteiger partial charge in [-0.15, -0.1) is 0 Å². The van der Waals surface area contributed by atoms with Crippen molar-refractivity contribution in [3.8, 4) is 5.75 Å². The molecular weight excluding hydrogens is 259 g/mol. The molecule has 3 nitrogen and oxygen atoms in total. The van der Waals surface area contributed by atoms with Crippen LogP contribution in [0.5, 0.6) is 5.75 Å². The molecule has 0 bridgehead atoms. The number of carboxylic acid groups (broad SMARTS) is 1. The van der Waals surface area contributed by atoms with Crippen LogP contribution < -0.4 is 4.74 Å². The minimum atomic E-state index is -1.34. The van der Waals surface area contributed by atoms with Crippen LogP contribution in [0.3, 0.4) is 0 Å². The van der Waals surface area contributed by atoms with Crippen LogP contribution >= 0.6 is 0 Å². The lowest BCUT2D eigenvalue weighted by molar-refractivity contribution is 0.0687. The summed E-state index contributed by atoms with van der Waals surface area (Å²) in [5, 5.41) is 8.94. The molecule has 0 aliphatic heterocycles. The molecule has 0 amide bonds. The zero-order chi connectivity index (χ0) is 14.4. The average Bonchev–Trinajstić information content (AvgIpc) is 2.44. The van der Waals surface area contributed by atoms with E-state index in [2.05, 4.69) is 0 Å². The van der Waals surface area contributed by atoms with Crippen molar-refractivity contribution in [3.63, 3.8) is 0 Å². The molecule has 0 fully saturated rings. The summed E-state index contributed by atoms with van der Waals surface area (Å²) >= 11 is 0. The fourth-order valence-electron chi connectivity index (χ4n) is 1.72. The van der Waals surface area contributed by atoms with E-state index in [0.29, 0.717) is 0 Å². The zero-order valence-electron chi connectivity index (χ0n) is 10.6. The molecule has 0 saturated heterocycles. The van der Waals surface area contributed by atoms with Gasteiger partial charge in [0.05, 0.1) is 0 Å². The Bertz CT molecular complexity index is 621. The monoisotopic (exact) mass is 272 g/mol. The number of ether oxygens (including phenoxy) is 1. The molecule has 0 aliphatic carbocycles. The lowest BCUT2D eigenvalue weighted by atomic mass is 10.2. The summed E-state index contributed by atoms with van der Waals surface area (Å²) in [6.45, 7) is 0.165. The van der Waals surface area contributed by atoms with Crippen molar-refractivity contribution in [1.82, 2.24) is 0 Å². The first-order valence-electron chi connectivity index (χ1n) is 6.04. The fraction of sp³-hybridized carbons (Fsp3) is 0.0625. The van der Waals surface area contributed by atoms with Gasteiger partial charge in [-0.2, -0.15) is 0 Å². The molecule has 0 heterocycles. The Morgan fingerprint density at radius 3 is 2.60 bits per heavy atom. The lowest BCUT2D eigenvalue weighted by Gasteiger charge is -2.07. The quantitative estimate of drug-likeness (QED) is 0.904. The maximum absolute atomic E-state index is 13.4. The Hall–Kier alpha value is -2.62. The molecule has 2 rings (SSSR count). The molecule has 2 aromatic rings. The first-order chi connectivity index (χ1) is 9.68. The van der Waals surface area contributed by atoms with Crippen LogP contribution in [0, 0.1) is 5.82 Å². The Labute approximate surface area is 115 Å². The average molecular weight is 272 g/mol. The zero-order valence-corrected chi connectivity index (χ0v) is 10.6. The summed E-state index contributed by atoms with van der Waals surface area (Å²) in [7, 11) is 0. The maximum Gasteiger partial charge on any atom is 0.342 e. The fourth-order valence-corrected chi connectivity index (χ4v) is 1.72. The van der Waals surface area contributed by atoms with Crippen LogP contribution in [0.4, 0.5) is 4.39 Å². The molecule has 0 spiro atoms. The molecular formula is C16H13FO3. The number of benzene rings is 2. The number of halogens is 1. The third kappa shape index (κ3) is 3.45. The topological polar surface area (TPSA) is 46.5 Å². The molecule has 102 valence electrons. The first kappa shape index (κ1) is 13.8. The second kappa shape index (κ2) is 6.52. The number of aromatic carboxylic acids is 1. The van der Waals surface area contributed by atoms with Gasteiger partial charge >= 0.3 is 5.97 Å². The summed E-state index contributed by atoms with van der Waals surface area (Å²) in [6, 6.07) is 13.5. The molecule has 20 heavy (non-hydrogen) atoms. The van der Waals surface area contributed by atoms with E-state index in [1.54, 1.807) is 6.08 Å². The number of rotatable bonds is 5. The van der Waals surface area contributed by atoms with Crippen molar-refractivity contribution in [1.29, 1.82) is 0 Å². The Morgan fingerprint density at radius 2 is 1.90 bits per heavy atom. The van der Waals surface area contributed by atoms with Gasteiger partial charge in [-0.25, -0.2) is 9.18 Å². The molecule has 0 saturated carbocycles. The van der Waals surface area contributed by atoms with Crippen LogP contribution in [-0.4, -0.2) is 17.7 Å². The molecule has 0 unspecified atom stereocenters. The number of carbonyl (C=O) groups is 1. The van der Waals surface area contributed by atoms with Gasteiger partial charge in [-0.3, -0.25) is 0 Å². The second-order valence-electron chi connectivity index (χ2n) is 4.04. The second-order valence-corrected chi connectivity index (χ2v) is 4.04. The highest BCUT2D eigenvalue weighted by Gasteiger charge is 2.16. The Balaban J connectivity index is 2.03. The highest BCUT2D eigenvalue weighted by molar-refractivity contribution is 5.91. The highest BCUT2D eigenvalue weighted by atomic mass is 19.1. The Kier molecular flexibility index (Phi) is 4.50. The van der Waals surface area contributed by atoms with E-state index in [1.807, 2.05) is 36.4 Å². The smallest absolute Gasteiger partial charge is 0.342 e. The van der Waals surface area contributed by atoms with E-state index >= 15 is 0 Å². The van der Waals surface area contributed by atoms with Crippen molar-refractivity contribution in [2.24, 2.45) is 0 Å². The van der Waals surface area contributed by atoms with E-state index in [-0.39, 0.29) is 12.4 Å². The summed E-state index contributed by atoms with van der Waals surface area (Å²) in [5.41, 5.74) is 0.564. The molecule has 0 radical (unpaired) electrons. The number of hydrogen-bond acceptors (Lipinski definition) is 2. The van der Waals surface area contributed by atoms with Crippen molar-refractivity contribution >= 4 is 12.0 Å². The van der Waals surface area contributed by atoms with Gasteiger partial charge in [0.25, 0.3) is 0 Å². The van der Waals surface area contributed by atoms with Gasteiger partial charge < -0.3 is 9.84 Å². The summed E-state index contributed by atoms with van der Waals surface area (Å²) in [6.07, 6.45) is 3.59. The number of carboxylic acids is 1. The van der Waals surface area contributed by atoms with E-state index in [9.17, 15) is 9.18 Å². The highest BCUT2D eigenvalue weighted by Crippen LogP contribution is 2.21. The molecule has 0 atom stereocenters. The first-order valence-corrected chi connectivity index (χ1v) is 6.04.